The summed E-state index contributed by atoms with van der Waals surface area (Å²) in [6, 6.07) is 7.76. The van der Waals surface area contributed by atoms with Crippen LogP contribution in [0.5, 0.6) is 0 Å². The summed E-state index contributed by atoms with van der Waals surface area (Å²) >= 11 is 0. The van der Waals surface area contributed by atoms with E-state index in [2.05, 4.69) is 31.9 Å². The van der Waals surface area contributed by atoms with Crippen LogP contribution in [-0.4, -0.2) is 75.9 Å². The summed E-state index contributed by atoms with van der Waals surface area (Å²) in [5.74, 6) is 2.07. The second-order valence-electron chi connectivity index (χ2n) is 10.2. The van der Waals surface area contributed by atoms with E-state index in [9.17, 15) is 4.79 Å². The van der Waals surface area contributed by atoms with E-state index in [0.717, 1.165) is 22.7 Å². The van der Waals surface area contributed by atoms with Crippen molar-refractivity contribution in [1.82, 2.24) is 24.3 Å². The number of aryl methyl sites for hydroxylation is 1. The molecule has 0 unspecified atom stereocenters. The standard InChI is InChI=1S/C29H35FN6O2.CH5N/c1-4-5-7-24(31-3)27-33-25-8-6-15-32-26(25)36(27)22-11-16-35(17-12-22)28(37)29(30)13-18-34(19-14-29)20-23-10-9-21(2)38-23;1-2/h4-10,15,22H,3,11-14,16-20H2,1-2H3;2H2,1H3/b5-4-,24-7-;. The molecule has 40 heavy (non-hydrogen) atoms. The number of amides is 1. The predicted molar refractivity (Wildman–Crippen MR) is 157 cm³/mol. The van der Waals surface area contributed by atoms with Crippen molar-refractivity contribution >= 4 is 29.5 Å². The SMILES string of the molecule is C=N/C(=C\C=C/C)c1nc2cccnc2n1C1CCN(C(=O)C2(F)CCN(Cc3ccc(C)o3)CC2)CC1.CN. The molecule has 0 aliphatic carbocycles. The Morgan fingerprint density at radius 2 is 1.95 bits per heavy atom. The molecule has 3 aromatic heterocycles. The Balaban J connectivity index is 0.00000181. The highest BCUT2D eigenvalue weighted by Crippen LogP contribution is 2.34. The van der Waals surface area contributed by atoms with Gasteiger partial charge in [-0.2, -0.15) is 0 Å². The number of carbonyl (C=O) groups is 1. The summed E-state index contributed by atoms with van der Waals surface area (Å²) in [4.78, 5) is 30.8. The van der Waals surface area contributed by atoms with Gasteiger partial charge in [0.1, 0.15) is 22.7 Å². The van der Waals surface area contributed by atoms with Gasteiger partial charge in [0, 0.05) is 51.3 Å². The fraction of sp³-hybridized carbons (Fsp3) is 0.467. The molecule has 0 bridgehead atoms. The number of carbonyl (C=O) groups excluding carboxylic acids is 1. The highest BCUT2D eigenvalue weighted by atomic mass is 19.1. The van der Waals surface area contributed by atoms with E-state index >= 15 is 4.39 Å². The second-order valence-corrected chi connectivity index (χ2v) is 10.2. The Bertz CT molecular complexity index is 1360. The number of aliphatic imine (C=N–C) groups is 1. The Hall–Kier alpha value is -3.63. The summed E-state index contributed by atoms with van der Waals surface area (Å²) in [5, 5.41) is 0. The van der Waals surface area contributed by atoms with E-state index < -0.39 is 5.67 Å². The summed E-state index contributed by atoms with van der Waals surface area (Å²) in [6.07, 6.45) is 9.26. The maximum absolute atomic E-state index is 15.9. The van der Waals surface area contributed by atoms with Crippen LogP contribution in [0.1, 0.15) is 56.0 Å². The van der Waals surface area contributed by atoms with Crippen LogP contribution in [0.25, 0.3) is 16.9 Å². The molecule has 1 amide bonds. The van der Waals surface area contributed by atoms with Gasteiger partial charge in [-0.1, -0.05) is 12.2 Å². The van der Waals surface area contributed by atoms with Gasteiger partial charge >= 0.3 is 0 Å². The number of rotatable bonds is 7. The lowest BCUT2D eigenvalue weighted by atomic mass is 9.90. The molecule has 0 saturated carbocycles. The van der Waals surface area contributed by atoms with Crippen LogP contribution in [0.3, 0.4) is 0 Å². The number of allylic oxidation sites excluding steroid dienone is 3. The van der Waals surface area contributed by atoms with Gasteiger partial charge in [-0.3, -0.25) is 14.7 Å². The summed E-state index contributed by atoms with van der Waals surface area (Å²) < 4.78 is 23.7. The molecule has 2 saturated heterocycles. The van der Waals surface area contributed by atoms with Crippen molar-refractivity contribution in [3.05, 3.63) is 66.0 Å². The maximum atomic E-state index is 15.9. The minimum Gasteiger partial charge on any atom is -0.465 e. The molecule has 0 aromatic carbocycles. The summed E-state index contributed by atoms with van der Waals surface area (Å²) in [5.41, 5.74) is 4.92. The monoisotopic (exact) mass is 549 g/mol. The Kier molecular flexibility index (Phi) is 9.65. The van der Waals surface area contributed by atoms with Gasteiger partial charge in [0.2, 0.25) is 0 Å². The van der Waals surface area contributed by atoms with Crippen molar-refractivity contribution in [2.75, 3.05) is 33.2 Å². The van der Waals surface area contributed by atoms with E-state index in [1.165, 1.54) is 7.05 Å². The third-order valence-electron chi connectivity index (χ3n) is 7.62. The van der Waals surface area contributed by atoms with Crippen LogP contribution in [-0.2, 0) is 11.3 Å². The number of furan rings is 1. The molecule has 9 nitrogen and oxygen atoms in total. The van der Waals surface area contributed by atoms with Crippen LogP contribution in [0, 0.1) is 6.92 Å². The maximum Gasteiger partial charge on any atom is 0.260 e. The Labute approximate surface area is 235 Å². The quantitative estimate of drug-likeness (QED) is 0.339. The van der Waals surface area contributed by atoms with E-state index in [0.29, 0.717) is 57.1 Å². The highest BCUT2D eigenvalue weighted by molar-refractivity contribution is 5.85. The van der Waals surface area contributed by atoms with Crippen molar-refractivity contribution < 1.29 is 13.6 Å². The second kappa shape index (κ2) is 13.1. The smallest absolute Gasteiger partial charge is 0.260 e. The number of fused-ring (bicyclic) bond motifs is 1. The van der Waals surface area contributed by atoms with Gasteiger partial charge in [-0.05, 0) is 70.8 Å². The van der Waals surface area contributed by atoms with Crippen LogP contribution in [0.4, 0.5) is 4.39 Å². The molecule has 5 heterocycles. The van der Waals surface area contributed by atoms with E-state index in [-0.39, 0.29) is 24.8 Å². The van der Waals surface area contributed by atoms with Gasteiger partial charge in [0.25, 0.3) is 5.91 Å². The van der Waals surface area contributed by atoms with Gasteiger partial charge in [-0.15, -0.1) is 0 Å². The molecule has 2 aliphatic heterocycles. The molecule has 0 atom stereocenters. The molecule has 2 aliphatic rings. The van der Waals surface area contributed by atoms with E-state index in [1.807, 2.05) is 56.3 Å². The molecule has 0 spiro atoms. The first-order valence-corrected chi connectivity index (χ1v) is 13.9. The average molecular weight is 550 g/mol. The number of hydrogen-bond acceptors (Lipinski definition) is 7. The van der Waals surface area contributed by atoms with Crippen molar-refractivity contribution in [2.45, 2.75) is 57.8 Å². The zero-order chi connectivity index (χ0) is 28.7. The molecular weight excluding hydrogens is 509 g/mol. The number of pyridine rings is 1. The predicted octanol–water partition coefficient (Wildman–Crippen LogP) is 4.69. The lowest BCUT2D eigenvalue weighted by Crippen LogP contribution is -2.53. The summed E-state index contributed by atoms with van der Waals surface area (Å²) in [6.45, 7) is 10.3. The van der Waals surface area contributed by atoms with Gasteiger partial charge < -0.3 is 19.6 Å². The van der Waals surface area contributed by atoms with Crippen LogP contribution >= 0.6 is 0 Å². The van der Waals surface area contributed by atoms with Crippen LogP contribution in [0.2, 0.25) is 0 Å². The molecule has 10 heteroatoms. The average Bonchev–Trinajstić information content (AvgIpc) is 3.58. The number of piperidine rings is 2. The summed E-state index contributed by atoms with van der Waals surface area (Å²) in [7, 11) is 1.50. The van der Waals surface area contributed by atoms with Gasteiger partial charge in [0.05, 0.1) is 6.54 Å². The van der Waals surface area contributed by atoms with Gasteiger partial charge in [-0.25, -0.2) is 14.4 Å². The van der Waals surface area contributed by atoms with Crippen LogP contribution in [0.15, 0.2) is 58.1 Å². The minimum absolute atomic E-state index is 0.0684. The first-order valence-electron chi connectivity index (χ1n) is 13.9. The number of likely N-dealkylation sites (tertiary alicyclic amines) is 2. The van der Waals surface area contributed by atoms with Crippen molar-refractivity contribution in [3.8, 4) is 0 Å². The van der Waals surface area contributed by atoms with E-state index in [4.69, 9.17) is 9.40 Å². The Morgan fingerprint density at radius 3 is 2.58 bits per heavy atom. The number of aromatic nitrogens is 3. The largest absolute Gasteiger partial charge is 0.465 e. The molecular formula is C30H40FN7O2. The molecule has 0 radical (unpaired) electrons. The number of halogens is 1. The molecule has 2 fully saturated rings. The molecule has 214 valence electrons. The van der Waals surface area contributed by atoms with Crippen molar-refractivity contribution in [2.24, 2.45) is 10.7 Å². The Morgan fingerprint density at radius 1 is 1.23 bits per heavy atom. The number of hydrogen-bond donors (Lipinski definition) is 1. The normalized spacial score (nSPS) is 18.6. The minimum atomic E-state index is -1.81. The fourth-order valence-electron chi connectivity index (χ4n) is 5.52. The van der Waals surface area contributed by atoms with Gasteiger partial charge in [0.15, 0.2) is 17.1 Å². The first kappa shape index (κ1) is 29.4. The highest BCUT2D eigenvalue weighted by Gasteiger charge is 2.45. The number of nitrogens with two attached hydrogens (primary N) is 1. The fourth-order valence-corrected chi connectivity index (χ4v) is 5.52. The topological polar surface area (TPSA) is 106 Å². The first-order chi connectivity index (χ1) is 19.4. The zero-order valence-electron chi connectivity index (χ0n) is 23.7. The lowest BCUT2D eigenvalue weighted by Gasteiger charge is -2.40. The third kappa shape index (κ3) is 6.23. The number of imidazole rings is 1. The van der Waals surface area contributed by atoms with Crippen molar-refractivity contribution in [3.63, 3.8) is 0 Å². The molecule has 3 aromatic rings. The molecule has 2 N–H and O–H groups in total. The van der Waals surface area contributed by atoms with E-state index in [1.54, 1.807) is 11.1 Å². The van der Waals surface area contributed by atoms with Crippen LogP contribution < -0.4 is 5.73 Å². The van der Waals surface area contributed by atoms with Crippen molar-refractivity contribution in [1.29, 1.82) is 0 Å². The number of nitrogens with zero attached hydrogens (tertiary/aromatic N) is 6. The zero-order valence-corrected chi connectivity index (χ0v) is 23.7. The number of alkyl halides is 1. The molecule has 5 rings (SSSR count). The lowest BCUT2D eigenvalue weighted by molar-refractivity contribution is -0.149. The third-order valence-corrected chi connectivity index (χ3v) is 7.62.